The van der Waals surface area contributed by atoms with Gasteiger partial charge in [0.2, 0.25) is 0 Å². The van der Waals surface area contributed by atoms with Crippen molar-refractivity contribution >= 4 is 12.2 Å². The molecule has 21 heavy (non-hydrogen) atoms. The molecule has 0 aliphatic rings. The molecule has 0 unspecified atom stereocenters. The molecule has 0 aliphatic carbocycles. The topological polar surface area (TPSA) is 22.1 Å². The van der Waals surface area contributed by atoms with E-state index in [-0.39, 0.29) is 0 Å². The van der Waals surface area contributed by atoms with Crippen molar-refractivity contribution in [1.29, 1.82) is 0 Å². The maximum Gasteiger partial charge on any atom is 0.124 e. The van der Waals surface area contributed by atoms with Crippen molar-refractivity contribution in [3.8, 4) is 5.75 Å². The number of benzene rings is 1. The molecule has 0 atom stereocenters. The average molecular weight is 279 g/mol. The molecular formula is C19H21NO. The minimum absolute atomic E-state index is 0.970. The Morgan fingerprint density at radius 1 is 1.05 bits per heavy atom. The number of rotatable bonds is 4. The van der Waals surface area contributed by atoms with Crippen molar-refractivity contribution in [2.45, 2.75) is 20.8 Å². The van der Waals surface area contributed by atoms with Crippen LogP contribution in [-0.2, 0) is 0 Å². The van der Waals surface area contributed by atoms with E-state index in [1.807, 2.05) is 12.1 Å². The molecule has 0 spiro atoms. The van der Waals surface area contributed by atoms with Gasteiger partial charge in [0, 0.05) is 12.4 Å². The second-order valence-corrected chi connectivity index (χ2v) is 5.19. The second-order valence-electron chi connectivity index (χ2n) is 5.19. The second kappa shape index (κ2) is 6.89. The molecule has 0 amide bonds. The zero-order chi connectivity index (χ0) is 15.2. The van der Waals surface area contributed by atoms with E-state index in [1.165, 1.54) is 11.1 Å². The molecule has 108 valence electrons. The summed E-state index contributed by atoms with van der Waals surface area (Å²) in [6.45, 7) is 6.25. The highest BCUT2D eigenvalue weighted by Crippen LogP contribution is 2.25. The third kappa shape index (κ3) is 4.06. The zero-order valence-electron chi connectivity index (χ0n) is 13.1. The van der Waals surface area contributed by atoms with Gasteiger partial charge in [-0.15, -0.1) is 0 Å². The first-order valence-corrected chi connectivity index (χ1v) is 7.02. The van der Waals surface area contributed by atoms with Crippen LogP contribution in [0.15, 0.2) is 48.3 Å². The van der Waals surface area contributed by atoms with E-state index < -0.39 is 0 Å². The summed E-state index contributed by atoms with van der Waals surface area (Å²) >= 11 is 0. The van der Waals surface area contributed by atoms with E-state index in [9.17, 15) is 0 Å². The number of ether oxygens (including phenoxy) is 1. The average Bonchev–Trinajstić information content (AvgIpc) is 2.46. The summed E-state index contributed by atoms with van der Waals surface area (Å²) in [4.78, 5) is 4.02. The van der Waals surface area contributed by atoms with E-state index in [1.54, 1.807) is 19.5 Å². The largest absolute Gasteiger partial charge is 0.496 e. The van der Waals surface area contributed by atoms with Gasteiger partial charge in [0.05, 0.1) is 7.11 Å². The number of allylic oxidation sites excluding steroid dienone is 2. The van der Waals surface area contributed by atoms with Crippen LogP contribution in [0, 0.1) is 13.8 Å². The third-order valence-electron chi connectivity index (χ3n) is 3.33. The van der Waals surface area contributed by atoms with Gasteiger partial charge in [-0.25, -0.2) is 0 Å². The van der Waals surface area contributed by atoms with Crippen LogP contribution in [0.1, 0.15) is 29.2 Å². The molecule has 0 saturated carbocycles. The molecule has 0 radical (unpaired) electrons. The Morgan fingerprint density at radius 2 is 1.67 bits per heavy atom. The van der Waals surface area contributed by atoms with Crippen molar-refractivity contribution in [3.05, 3.63) is 70.6 Å². The van der Waals surface area contributed by atoms with Crippen LogP contribution in [0.4, 0.5) is 0 Å². The summed E-state index contributed by atoms with van der Waals surface area (Å²) < 4.78 is 5.40. The summed E-state index contributed by atoms with van der Waals surface area (Å²) in [6.07, 6.45) is 9.99. The van der Waals surface area contributed by atoms with Crippen LogP contribution < -0.4 is 4.74 Å². The van der Waals surface area contributed by atoms with E-state index in [0.717, 1.165) is 22.4 Å². The van der Waals surface area contributed by atoms with Gasteiger partial charge in [-0.2, -0.15) is 0 Å². The van der Waals surface area contributed by atoms with E-state index in [2.05, 4.69) is 56.1 Å². The normalized spacial score (nSPS) is 11.9. The van der Waals surface area contributed by atoms with Gasteiger partial charge in [0.15, 0.2) is 0 Å². The lowest BCUT2D eigenvalue weighted by Crippen LogP contribution is -1.91. The first kappa shape index (κ1) is 15.0. The highest BCUT2D eigenvalue weighted by atomic mass is 16.5. The lowest BCUT2D eigenvalue weighted by atomic mass is 10.0. The molecule has 0 bridgehead atoms. The monoisotopic (exact) mass is 279 g/mol. The molecule has 2 nitrogen and oxygen atoms in total. The standard InChI is InChI=1S/C19H21NO/c1-14(5-6-17-7-9-20-10-8-17)11-18-12-15(2)19(21-4)16(3)13-18/h5-13H,1-4H3/b6-5+,14-11+. The predicted molar refractivity (Wildman–Crippen MR) is 89.4 cm³/mol. The molecule has 0 fully saturated rings. The fourth-order valence-corrected chi connectivity index (χ4v) is 2.40. The minimum atomic E-state index is 0.970. The lowest BCUT2D eigenvalue weighted by molar-refractivity contribution is 0.408. The molecule has 2 heteroatoms. The quantitative estimate of drug-likeness (QED) is 0.748. The predicted octanol–water partition coefficient (Wildman–Crippen LogP) is 4.82. The lowest BCUT2D eigenvalue weighted by Gasteiger charge is -2.09. The molecule has 2 rings (SSSR count). The van der Waals surface area contributed by atoms with Crippen LogP contribution in [0.5, 0.6) is 5.75 Å². The highest BCUT2D eigenvalue weighted by Gasteiger charge is 2.03. The minimum Gasteiger partial charge on any atom is -0.496 e. The molecule has 0 N–H and O–H groups in total. The van der Waals surface area contributed by atoms with Crippen LogP contribution in [0.25, 0.3) is 12.2 Å². The Kier molecular flexibility index (Phi) is 4.94. The fraction of sp³-hybridized carbons (Fsp3) is 0.211. The van der Waals surface area contributed by atoms with Gasteiger partial charge in [0.25, 0.3) is 0 Å². The number of hydrogen-bond acceptors (Lipinski definition) is 2. The number of methoxy groups -OCH3 is 1. The Balaban J connectivity index is 2.21. The smallest absolute Gasteiger partial charge is 0.124 e. The third-order valence-corrected chi connectivity index (χ3v) is 3.33. The molecule has 1 heterocycles. The number of nitrogens with zero attached hydrogens (tertiary/aromatic N) is 1. The summed E-state index contributed by atoms with van der Waals surface area (Å²) in [6, 6.07) is 8.28. The van der Waals surface area contributed by atoms with Crippen molar-refractivity contribution in [2.24, 2.45) is 0 Å². The molecule has 1 aromatic heterocycles. The van der Waals surface area contributed by atoms with Gasteiger partial charge < -0.3 is 4.74 Å². The molecule has 0 aliphatic heterocycles. The number of hydrogen-bond donors (Lipinski definition) is 0. The van der Waals surface area contributed by atoms with E-state index >= 15 is 0 Å². The Bertz CT molecular complexity index is 646. The SMILES string of the molecule is COc1c(C)cc(/C=C(C)/C=C/c2ccncc2)cc1C. The number of aromatic nitrogens is 1. The molecule has 0 saturated heterocycles. The summed E-state index contributed by atoms with van der Waals surface area (Å²) in [5.41, 5.74) is 5.88. The van der Waals surface area contributed by atoms with Crippen molar-refractivity contribution in [1.82, 2.24) is 4.98 Å². The van der Waals surface area contributed by atoms with Gasteiger partial charge in [-0.3, -0.25) is 4.98 Å². The van der Waals surface area contributed by atoms with Gasteiger partial charge in [0.1, 0.15) is 5.75 Å². The Hall–Kier alpha value is -2.35. The maximum atomic E-state index is 5.40. The summed E-state index contributed by atoms with van der Waals surface area (Å²) in [5.74, 6) is 0.970. The van der Waals surface area contributed by atoms with Gasteiger partial charge >= 0.3 is 0 Å². The fourth-order valence-electron chi connectivity index (χ4n) is 2.40. The molecule has 2 aromatic rings. The van der Waals surface area contributed by atoms with E-state index in [4.69, 9.17) is 4.74 Å². The first-order chi connectivity index (χ1) is 10.1. The van der Waals surface area contributed by atoms with Gasteiger partial charge in [-0.1, -0.05) is 23.8 Å². The van der Waals surface area contributed by atoms with E-state index in [0.29, 0.717) is 0 Å². The van der Waals surface area contributed by atoms with Gasteiger partial charge in [-0.05, 0) is 67.3 Å². The number of aryl methyl sites for hydroxylation is 2. The van der Waals surface area contributed by atoms with Crippen LogP contribution in [0.2, 0.25) is 0 Å². The summed E-state index contributed by atoms with van der Waals surface area (Å²) in [5, 5.41) is 0. The number of pyridine rings is 1. The highest BCUT2D eigenvalue weighted by molar-refractivity contribution is 5.63. The van der Waals surface area contributed by atoms with Crippen molar-refractivity contribution in [2.75, 3.05) is 7.11 Å². The van der Waals surface area contributed by atoms with Crippen LogP contribution >= 0.6 is 0 Å². The van der Waals surface area contributed by atoms with Crippen LogP contribution in [-0.4, -0.2) is 12.1 Å². The van der Waals surface area contributed by atoms with Crippen LogP contribution in [0.3, 0.4) is 0 Å². The Labute approximate surface area is 126 Å². The zero-order valence-corrected chi connectivity index (χ0v) is 13.1. The summed E-state index contributed by atoms with van der Waals surface area (Å²) in [7, 11) is 1.72. The maximum absolute atomic E-state index is 5.40. The Morgan fingerprint density at radius 3 is 2.24 bits per heavy atom. The molecular weight excluding hydrogens is 258 g/mol. The van der Waals surface area contributed by atoms with Crippen molar-refractivity contribution in [3.63, 3.8) is 0 Å². The first-order valence-electron chi connectivity index (χ1n) is 7.02. The van der Waals surface area contributed by atoms with Crippen molar-refractivity contribution < 1.29 is 4.74 Å². The molecule has 1 aromatic carbocycles.